The van der Waals surface area contributed by atoms with Crippen LogP contribution in [0.3, 0.4) is 0 Å². The molecule has 2 amide bonds. The van der Waals surface area contributed by atoms with E-state index < -0.39 is 39.3 Å². The molecule has 0 saturated heterocycles. The topological polar surface area (TPSA) is 151 Å². The monoisotopic (exact) mass is 766 g/mol. The van der Waals surface area contributed by atoms with E-state index in [2.05, 4.69) is 47.6 Å². The molecule has 55 heavy (non-hydrogen) atoms. The Morgan fingerprint density at radius 2 is 1.51 bits per heavy atom. The number of anilines is 1. The zero-order valence-corrected chi connectivity index (χ0v) is 32.5. The molecule has 0 fully saturated rings. The number of fused-ring (bicyclic) bond motifs is 2. The highest BCUT2D eigenvalue weighted by Gasteiger charge is 2.44. The van der Waals surface area contributed by atoms with Crippen LogP contribution >= 0.6 is 0 Å². The Bertz CT molecular complexity index is 2320. The van der Waals surface area contributed by atoms with Crippen molar-refractivity contribution in [3.63, 3.8) is 0 Å². The summed E-state index contributed by atoms with van der Waals surface area (Å²) in [6, 6.07) is 20.0. The van der Waals surface area contributed by atoms with Gasteiger partial charge in [-0.3, -0.25) is 14.1 Å². The van der Waals surface area contributed by atoms with E-state index in [-0.39, 0.29) is 16.7 Å². The summed E-state index contributed by atoms with van der Waals surface area (Å²) < 4.78 is 41.7. The molecular formula is C42H44N3O9S+. The SMILES string of the molecule is COC(=O)c1ccc(C(=CC2=[N+](C)c3ccccc3C2(C)C)C=C2N(CCCCCC(=O)ON3C(=O)C=CC3=O)c3ccc(S(=O)(=O)O)cc3C2(C)C)cc1. The first-order valence-electron chi connectivity index (χ1n) is 17.9. The van der Waals surface area contributed by atoms with E-state index in [1.54, 1.807) is 18.2 Å². The van der Waals surface area contributed by atoms with Crippen molar-refractivity contribution in [3.05, 3.63) is 119 Å². The van der Waals surface area contributed by atoms with Gasteiger partial charge in [0.15, 0.2) is 5.71 Å². The van der Waals surface area contributed by atoms with Crippen LogP contribution in [0.1, 0.15) is 80.4 Å². The number of imide groups is 1. The van der Waals surface area contributed by atoms with Crippen molar-refractivity contribution in [3.8, 4) is 0 Å². The number of unbranched alkanes of at least 4 members (excludes halogenated alkanes) is 2. The number of para-hydroxylation sites is 1. The predicted octanol–water partition coefficient (Wildman–Crippen LogP) is 6.43. The molecule has 3 heterocycles. The van der Waals surface area contributed by atoms with Gasteiger partial charge in [-0.1, -0.05) is 55.7 Å². The lowest BCUT2D eigenvalue weighted by molar-refractivity contribution is -0.401. The average molecular weight is 767 g/mol. The zero-order chi connectivity index (χ0) is 39.9. The van der Waals surface area contributed by atoms with E-state index in [0.29, 0.717) is 42.0 Å². The molecule has 3 aromatic rings. The van der Waals surface area contributed by atoms with Gasteiger partial charge >= 0.3 is 11.9 Å². The Labute approximate surface area is 320 Å². The molecule has 12 nitrogen and oxygen atoms in total. The summed E-state index contributed by atoms with van der Waals surface area (Å²) in [6.45, 7) is 8.86. The molecule has 0 unspecified atom stereocenters. The molecule has 3 aliphatic rings. The third kappa shape index (κ3) is 7.54. The number of rotatable bonds is 12. The molecule has 0 spiro atoms. The van der Waals surface area contributed by atoms with E-state index in [9.17, 15) is 32.1 Å². The molecule has 0 bridgehead atoms. The zero-order valence-electron chi connectivity index (χ0n) is 31.7. The van der Waals surface area contributed by atoms with Crippen LogP contribution in [-0.2, 0) is 44.9 Å². The van der Waals surface area contributed by atoms with Crippen LogP contribution in [0.15, 0.2) is 102 Å². The fourth-order valence-corrected chi connectivity index (χ4v) is 8.04. The van der Waals surface area contributed by atoms with E-state index in [1.165, 1.54) is 24.8 Å². The van der Waals surface area contributed by atoms with Gasteiger partial charge in [0.25, 0.3) is 21.9 Å². The fourth-order valence-electron chi connectivity index (χ4n) is 7.53. The highest BCUT2D eigenvalue weighted by molar-refractivity contribution is 7.85. The van der Waals surface area contributed by atoms with Gasteiger partial charge in [0, 0.05) is 59.6 Å². The second-order valence-corrected chi connectivity index (χ2v) is 16.2. The molecule has 0 aliphatic carbocycles. The van der Waals surface area contributed by atoms with Crippen molar-refractivity contribution in [2.45, 2.75) is 69.1 Å². The second-order valence-electron chi connectivity index (χ2n) is 14.8. The van der Waals surface area contributed by atoms with Crippen LogP contribution in [-0.4, -0.2) is 72.8 Å². The summed E-state index contributed by atoms with van der Waals surface area (Å²) in [5, 5.41) is 0.443. The second kappa shape index (κ2) is 14.9. The first kappa shape index (κ1) is 39.0. The maximum atomic E-state index is 12.4. The Morgan fingerprint density at radius 3 is 2.15 bits per heavy atom. The molecular weight excluding hydrogens is 723 g/mol. The minimum absolute atomic E-state index is 0.00167. The van der Waals surface area contributed by atoms with E-state index in [0.717, 1.165) is 46.1 Å². The Balaban J connectivity index is 1.38. The summed E-state index contributed by atoms with van der Waals surface area (Å²) >= 11 is 0. The summed E-state index contributed by atoms with van der Waals surface area (Å²) in [4.78, 5) is 55.2. The number of benzene rings is 3. The number of nitrogens with zero attached hydrogens (tertiary/aromatic N) is 3. The molecule has 286 valence electrons. The largest absolute Gasteiger partial charge is 0.465 e. The van der Waals surface area contributed by atoms with Gasteiger partial charge in [0.2, 0.25) is 5.69 Å². The van der Waals surface area contributed by atoms with Crippen LogP contribution < -0.4 is 4.90 Å². The van der Waals surface area contributed by atoms with Crippen molar-refractivity contribution < 1.29 is 46.3 Å². The third-order valence-electron chi connectivity index (χ3n) is 10.5. The summed E-state index contributed by atoms with van der Waals surface area (Å²) in [6.07, 6.45) is 7.98. The smallest absolute Gasteiger partial charge is 0.337 e. The molecule has 0 atom stereocenters. The highest BCUT2D eigenvalue weighted by atomic mass is 32.2. The molecule has 0 radical (unpaired) electrons. The Kier molecular flexibility index (Phi) is 10.6. The molecule has 1 N–H and O–H groups in total. The van der Waals surface area contributed by atoms with Crippen molar-refractivity contribution in [2.75, 3.05) is 25.6 Å². The van der Waals surface area contributed by atoms with Gasteiger partial charge in [-0.2, -0.15) is 13.0 Å². The number of methoxy groups -OCH3 is 1. The van der Waals surface area contributed by atoms with Crippen LogP contribution in [0.2, 0.25) is 0 Å². The van der Waals surface area contributed by atoms with Gasteiger partial charge in [-0.15, -0.1) is 0 Å². The van der Waals surface area contributed by atoms with Gasteiger partial charge in [0.05, 0.1) is 23.0 Å². The number of amides is 2. The van der Waals surface area contributed by atoms with Crippen LogP contribution in [0.5, 0.6) is 0 Å². The molecule has 3 aromatic carbocycles. The molecule has 6 rings (SSSR count). The Hall–Kier alpha value is -5.66. The summed E-state index contributed by atoms with van der Waals surface area (Å²) in [5.41, 5.74) is 6.68. The van der Waals surface area contributed by atoms with Crippen molar-refractivity contribution in [2.24, 2.45) is 0 Å². The Morgan fingerprint density at radius 1 is 0.855 bits per heavy atom. The number of hydrogen-bond acceptors (Lipinski definition) is 9. The molecule has 0 saturated carbocycles. The molecule has 3 aliphatic heterocycles. The summed E-state index contributed by atoms with van der Waals surface area (Å²) in [5.74, 6) is -2.55. The summed E-state index contributed by atoms with van der Waals surface area (Å²) in [7, 11) is -1.11. The first-order valence-corrected chi connectivity index (χ1v) is 19.4. The number of carbonyl (C=O) groups is 4. The number of esters is 1. The van der Waals surface area contributed by atoms with E-state index >= 15 is 0 Å². The van der Waals surface area contributed by atoms with Gasteiger partial charge < -0.3 is 14.5 Å². The average Bonchev–Trinajstić information content (AvgIpc) is 3.65. The molecule has 0 aromatic heterocycles. The highest BCUT2D eigenvalue weighted by Crippen LogP contribution is 2.50. The number of carbonyl (C=O) groups excluding carboxylic acids is 4. The van der Waals surface area contributed by atoms with Crippen molar-refractivity contribution in [1.29, 1.82) is 0 Å². The van der Waals surface area contributed by atoms with Gasteiger partial charge in [-0.25, -0.2) is 9.59 Å². The number of hydroxylamine groups is 2. The standard InChI is InChI=1S/C42H43N3O9S/c1-41(2)31-12-9-10-13-33(31)43(5)35(41)24-29(27-15-17-28(18-16-27)40(49)53-6)25-36-42(3,4)32-26-30(55(50,51)52)19-20-34(32)44(36)23-11-7-8-14-39(48)54-45-37(46)21-22-38(45)47/h9-10,12-13,15-22,24-26H,7-8,11,14,23H2,1-6H3/p+1. The first-order chi connectivity index (χ1) is 25.9. The number of hydrogen-bond donors (Lipinski definition) is 1. The van der Waals surface area contributed by atoms with E-state index in [1.807, 2.05) is 45.2 Å². The van der Waals surface area contributed by atoms with Crippen molar-refractivity contribution in [1.82, 2.24) is 5.06 Å². The fraction of sp³-hybridized carbons (Fsp3) is 0.310. The van der Waals surface area contributed by atoms with Crippen LogP contribution in [0, 0.1) is 0 Å². The lowest BCUT2D eigenvalue weighted by Crippen LogP contribution is -2.32. The lowest BCUT2D eigenvalue weighted by Gasteiger charge is -2.28. The predicted molar refractivity (Wildman–Crippen MR) is 206 cm³/mol. The minimum atomic E-state index is -4.49. The maximum absolute atomic E-state index is 12.4. The van der Waals surface area contributed by atoms with Gasteiger partial charge in [-0.05, 0) is 79.8 Å². The minimum Gasteiger partial charge on any atom is -0.465 e. The normalized spacial score (nSPS) is 17.9. The maximum Gasteiger partial charge on any atom is 0.337 e. The van der Waals surface area contributed by atoms with Crippen molar-refractivity contribution >= 4 is 56.5 Å². The van der Waals surface area contributed by atoms with E-state index in [4.69, 9.17) is 9.57 Å². The third-order valence-corrected chi connectivity index (χ3v) is 11.4. The van der Waals surface area contributed by atoms with Crippen LogP contribution in [0.4, 0.5) is 11.4 Å². The van der Waals surface area contributed by atoms with Gasteiger partial charge in [0.1, 0.15) is 7.05 Å². The number of ether oxygens (including phenoxy) is 1. The number of allylic oxidation sites excluding steroid dienone is 4. The quantitative estimate of drug-likeness (QED) is 0.0718. The lowest BCUT2D eigenvalue weighted by atomic mass is 9.79. The van der Waals surface area contributed by atoms with Crippen LogP contribution in [0.25, 0.3) is 5.57 Å². The molecule has 13 heteroatoms.